The molecule has 0 saturated carbocycles. The molecule has 0 spiro atoms. The van der Waals surface area contributed by atoms with Gasteiger partial charge in [-0.1, -0.05) is 12.1 Å². The maximum atomic E-state index is 12.4. The summed E-state index contributed by atoms with van der Waals surface area (Å²) in [5.74, 6) is -0.208. The molecule has 1 N–H and O–H groups in total. The summed E-state index contributed by atoms with van der Waals surface area (Å²) < 4.78 is 5.16. The Morgan fingerprint density at radius 2 is 1.89 bits per heavy atom. The van der Waals surface area contributed by atoms with Crippen LogP contribution in [0.15, 0.2) is 63.8 Å². The molecular formula is C20H19N3O5. The zero-order valence-corrected chi connectivity index (χ0v) is 15.3. The minimum Gasteiger partial charge on any atom is -0.423 e. The summed E-state index contributed by atoms with van der Waals surface area (Å²) in [5.41, 5.74) is 1.13. The second-order valence-corrected chi connectivity index (χ2v) is 6.29. The Bertz CT molecular complexity index is 1060. The number of carbonyl (C=O) groups is 1. The summed E-state index contributed by atoms with van der Waals surface area (Å²) in [6.07, 6.45) is 0.657. The molecule has 8 nitrogen and oxygen atoms in total. The van der Waals surface area contributed by atoms with E-state index >= 15 is 0 Å². The number of benzene rings is 2. The first kappa shape index (κ1) is 19.1. The number of carbonyl (C=O) groups excluding carboxylic acids is 1. The second kappa shape index (κ2) is 8.34. The van der Waals surface area contributed by atoms with Gasteiger partial charge in [-0.25, -0.2) is 4.79 Å². The van der Waals surface area contributed by atoms with Gasteiger partial charge >= 0.3 is 5.63 Å². The molecule has 0 saturated heterocycles. The lowest BCUT2D eigenvalue weighted by atomic mass is 10.2. The summed E-state index contributed by atoms with van der Waals surface area (Å²) in [4.78, 5) is 35.8. The van der Waals surface area contributed by atoms with E-state index in [0.29, 0.717) is 36.3 Å². The van der Waals surface area contributed by atoms with Crippen LogP contribution in [0.5, 0.6) is 0 Å². The van der Waals surface area contributed by atoms with Gasteiger partial charge in [0.1, 0.15) is 5.58 Å². The molecule has 0 atom stereocenters. The van der Waals surface area contributed by atoms with Gasteiger partial charge in [0.15, 0.2) is 0 Å². The lowest BCUT2D eigenvalue weighted by molar-refractivity contribution is -0.384. The topological polar surface area (TPSA) is 106 Å². The molecule has 0 aliphatic heterocycles. The van der Waals surface area contributed by atoms with E-state index in [1.807, 2.05) is 12.1 Å². The first-order valence-electron chi connectivity index (χ1n) is 8.72. The highest BCUT2D eigenvalue weighted by Gasteiger charge is 2.13. The van der Waals surface area contributed by atoms with Crippen LogP contribution in [0.25, 0.3) is 11.0 Å². The van der Waals surface area contributed by atoms with Crippen molar-refractivity contribution in [3.63, 3.8) is 0 Å². The van der Waals surface area contributed by atoms with Crippen molar-refractivity contribution < 1.29 is 14.1 Å². The average molecular weight is 381 g/mol. The van der Waals surface area contributed by atoms with E-state index in [1.165, 1.54) is 30.3 Å². The molecule has 1 amide bonds. The number of nitro groups is 1. The normalized spacial score (nSPS) is 10.6. The Hall–Kier alpha value is -3.68. The highest BCUT2D eigenvalue weighted by atomic mass is 16.6. The van der Waals surface area contributed by atoms with Crippen LogP contribution >= 0.6 is 0 Å². The van der Waals surface area contributed by atoms with E-state index in [1.54, 1.807) is 24.1 Å². The van der Waals surface area contributed by atoms with Gasteiger partial charge in [0.05, 0.1) is 10.6 Å². The Labute approximate surface area is 160 Å². The summed E-state index contributed by atoms with van der Waals surface area (Å²) in [5, 5.41) is 14.7. The Morgan fingerprint density at radius 1 is 1.18 bits per heavy atom. The minimum absolute atomic E-state index is 0.0528. The number of nitrogens with zero attached hydrogens (tertiary/aromatic N) is 2. The van der Waals surface area contributed by atoms with E-state index in [-0.39, 0.29) is 11.6 Å². The number of non-ortho nitro benzene ring substituents is 1. The number of hydrogen-bond acceptors (Lipinski definition) is 6. The fourth-order valence-electron chi connectivity index (χ4n) is 2.84. The molecule has 144 valence electrons. The monoisotopic (exact) mass is 381 g/mol. The summed E-state index contributed by atoms with van der Waals surface area (Å²) >= 11 is 0. The molecule has 0 unspecified atom stereocenters. The molecule has 0 bridgehead atoms. The number of para-hydroxylation sites is 1. The van der Waals surface area contributed by atoms with Crippen molar-refractivity contribution >= 4 is 28.3 Å². The molecule has 3 aromatic rings. The number of fused-ring (bicyclic) bond motifs is 1. The molecule has 0 radical (unpaired) electrons. The molecule has 0 aliphatic rings. The Balaban J connectivity index is 1.56. The minimum atomic E-state index is -0.502. The van der Waals surface area contributed by atoms with E-state index in [2.05, 4.69) is 5.32 Å². The van der Waals surface area contributed by atoms with E-state index in [0.717, 1.165) is 5.39 Å². The number of hydrogen-bond donors (Lipinski definition) is 1. The predicted octanol–water partition coefficient (Wildman–Crippen LogP) is 3.28. The van der Waals surface area contributed by atoms with Gasteiger partial charge < -0.3 is 14.6 Å². The summed E-state index contributed by atoms with van der Waals surface area (Å²) in [6, 6.07) is 14.2. The van der Waals surface area contributed by atoms with Gasteiger partial charge in [-0.05, 0) is 30.7 Å². The van der Waals surface area contributed by atoms with Gasteiger partial charge in [-0.3, -0.25) is 14.9 Å². The van der Waals surface area contributed by atoms with Gasteiger partial charge in [0.25, 0.3) is 11.6 Å². The zero-order valence-electron chi connectivity index (χ0n) is 15.3. The van der Waals surface area contributed by atoms with E-state index < -0.39 is 10.5 Å². The number of amides is 1. The van der Waals surface area contributed by atoms with Crippen molar-refractivity contribution in [1.29, 1.82) is 0 Å². The van der Waals surface area contributed by atoms with Gasteiger partial charge in [-0.2, -0.15) is 0 Å². The molecule has 1 heterocycles. The molecule has 8 heteroatoms. The zero-order chi connectivity index (χ0) is 20.1. The maximum Gasteiger partial charge on any atom is 0.338 e. The lowest BCUT2D eigenvalue weighted by Gasteiger charge is -2.17. The number of rotatable bonds is 7. The Kier molecular flexibility index (Phi) is 5.69. The van der Waals surface area contributed by atoms with Crippen molar-refractivity contribution in [2.75, 3.05) is 25.5 Å². The number of anilines is 1. The summed E-state index contributed by atoms with van der Waals surface area (Å²) in [6.45, 7) is 1.05. The Morgan fingerprint density at radius 3 is 2.61 bits per heavy atom. The van der Waals surface area contributed by atoms with Crippen LogP contribution in [0.2, 0.25) is 0 Å². The van der Waals surface area contributed by atoms with Crippen molar-refractivity contribution in [1.82, 2.24) is 4.90 Å². The molecule has 0 aliphatic carbocycles. The fourth-order valence-corrected chi connectivity index (χ4v) is 2.84. The third kappa shape index (κ3) is 4.35. The molecule has 3 rings (SSSR count). The highest BCUT2D eigenvalue weighted by Crippen LogP contribution is 2.20. The van der Waals surface area contributed by atoms with Crippen molar-refractivity contribution in [3.8, 4) is 0 Å². The quantitative estimate of drug-likeness (QED) is 0.291. The van der Waals surface area contributed by atoms with Crippen LogP contribution in [-0.4, -0.2) is 35.9 Å². The average Bonchev–Trinajstić information content (AvgIpc) is 2.70. The third-order valence-electron chi connectivity index (χ3n) is 4.31. The van der Waals surface area contributed by atoms with Crippen LogP contribution in [-0.2, 0) is 0 Å². The molecular weight excluding hydrogens is 362 g/mol. The number of nitrogens with one attached hydrogen (secondary N) is 1. The van der Waals surface area contributed by atoms with Gasteiger partial charge in [0, 0.05) is 49.3 Å². The summed E-state index contributed by atoms with van der Waals surface area (Å²) in [7, 11) is 1.68. The maximum absolute atomic E-state index is 12.4. The third-order valence-corrected chi connectivity index (χ3v) is 4.31. The molecule has 28 heavy (non-hydrogen) atoms. The van der Waals surface area contributed by atoms with Crippen molar-refractivity contribution in [2.45, 2.75) is 6.42 Å². The largest absolute Gasteiger partial charge is 0.423 e. The molecule has 0 fully saturated rings. The first-order valence-corrected chi connectivity index (χ1v) is 8.72. The van der Waals surface area contributed by atoms with Gasteiger partial charge in [0.2, 0.25) is 0 Å². The van der Waals surface area contributed by atoms with E-state index in [4.69, 9.17) is 4.42 Å². The van der Waals surface area contributed by atoms with Crippen LogP contribution in [0.4, 0.5) is 11.4 Å². The van der Waals surface area contributed by atoms with Crippen LogP contribution in [0, 0.1) is 10.1 Å². The van der Waals surface area contributed by atoms with Crippen LogP contribution < -0.4 is 10.9 Å². The molecule has 1 aromatic heterocycles. The molecule has 2 aromatic carbocycles. The fraction of sp³-hybridized carbons (Fsp3) is 0.200. The smallest absolute Gasteiger partial charge is 0.338 e. The lowest BCUT2D eigenvalue weighted by Crippen LogP contribution is -2.28. The van der Waals surface area contributed by atoms with Crippen molar-refractivity contribution in [3.05, 3.63) is 80.7 Å². The van der Waals surface area contributed by atoms with Gasteiger partial charge in [-0.15, -0.1) is 0 Å². The highest BCUT2D eigenvalue weighted by molar-refractivity contribution is 5.94. The van der Waals surface area contributed by atoms with E-state index in [9.17, 15) is 19.7 Å². The first-order chi connectivity index (χ1) is 13.5. The predicted molar refractivity (Wildman–Crippen MR) is 106 cm³/mol. The SMILES string of the molecule is CN(CCCNc1cc(=O)oc2ccccc12)C(=O)c1ccc([N+](=O)[O-])cc1. The van der Waals surface area contributed by atoms with Crippen LogP contribution in [0.1, 0.15) is 16.8 Å². The standard InChI is InChI=1S/C20H19N3O5/c1-22(20(25)14-7-9-15(10-8-14)23(26)27)12-4-11-21-17-13-19(24)28-18-6-3-2-5-16(17)18/h2-3,5-10,13,21H,4,11-12H2,1H3. The van der Waals surface area contributed by atoms with Crippen LogP contribution in [0.3, 0.4) is 0 Å². The van der Waals surface area contributed by atoms with Crippen molar-refractivity contribution in [2.24, 2.45) is 0 Å². The second-order valence-electron chi connectivity index (χ2n) is 6.29. The number of nitro benzene ring substituents is 1.